The minimum absolute atomic E-state index is 0.0837. The summed E-state index contributed by atoms with van der Waals surface area (Å²) in [5.41, 5.74) is 11.0. The highest BCUT2D eigenvalue weighted by molar-refractivity contribution is 5.98. The number of nitrogens with zero attached hydrogens (tertiary/aromatic N) is 1. The second kappa shape index (κ2) is 8.73. The maximum atomic E-state index is 14.0. The van der Waals surface area contributed by atoms with E-state index < -0.39 is 0 Å². The summed E-state index contributed by atoms with van der Waals surface area (Å²) in [7, 11) is 0. The van der Waals surface area contributed by atoms with Crippen LogP contribution in [0.2, 0.25) is 0 Å². The Hall–Kier alpha value is -3.44. The van der Waals surface area contributed by atoms with Crippen LogP contribution in [-0.2, 0) is 6.54 Å². The van der Waals surface area contributed by atoms with E-state index >= 15 is 0 Å². The van der Waals surface area contributed by atoms with Crippen LogP contribution >= 0.6 is 0 Å². The number of halogens is 1. The molecular formula is C29H29FN2O2. The van der Waals surface area contributed by atoms with Crippen LogP contribution in [0.15, 0.2) is 71.1 Å². The number of hydrogen-bond acceptors (Lipinski definition) is 3. The number of piperidine rings is 1. The third-order valence-corrected chi connectivity index (χ3v) is 6.87. The van der Waals surface area contributed by atoms with Gasteiger partial charge in [0.15, 0.2) is 0 Å². The van der Waals surface area contributed by atoms with E-state index in [0.717, 1.165) is 53.6 Å². The Labute approximate surface area is 199 Å². The van der Waals surface area contributed by atoms with Crippen molar-refractivity contribution in [3.63, 3.8) is 0 Å². The summed E-state index contributed by atoms with van der Waals surface area (Å²) in [6, 6.07) is 20.2. The maximum absolute atomic E-state index is 14.0. The Bertz CT molecular complexity index is 1340. The van der Waals surface area contributed by atoms with Gasteiger partial charge in [-0.05, 0) is 77.4 Å². The number of nitrogens with two attached hydrogens (primary N) is 1. The van der Waals surface area contributed by atoms with E-state index in [2.05, 4.69) is 13.8 Å². The SMILES string of the molecule is CC1(C)CCN(C(=O)c2ccc(-c3cc(-c4cccc(F)c4)c4oc(CN)cc4c3)cc2)CC1. The van der Waals surface area contributed by atoms with Crippen LogP contribution in [0.5, 0.6) is 0 Å². The fraction of sp³-hybridized carbons (Fsp3) is 0.276. The van der Waals surface area contributed by atoms with Gasteiger partial charge in [0.1, 0.15) is 17.2 Å². The topological polar surface area (TPSA) is 59.5 Å². The molecule has 0 spiro atoms. The molecule has 1 fully saturated rings. The molecule has 2 N–H and O–H groups in total. The van der Waals surface area contributed by atoms with Gasteiger partial charge in [0.05, 0.1) is 6.54 Å². The molecule has 5 rings (SSSR count). The van der Waals surface area contributed by atoms with E-state index in [1.807, 2.05) is 53.4 Å². The molecule has 0 saturated carbocycles. The number of benzene rings is 3. The van der Waals surface area contributed by atoms with E-state index in [4.69, 9.17) is 10.2 Å². The normalized spacial score (nSPS) is 15.6. The second-order valence-corrected chi connectivity index (χ2v) is 9.90. The molecule has 3 aromatic carbocycles. The zero-order valence-corrected chi connectivity index (χ0v) is 19.6. The van der Waals surface area contributed by atoms with Gasteiger partial charge in [-0.3, -0.25) is 4.79 Å². The molecule has 1 saturated heterocycles. The molecule has 174 valence electrons. The lowest BCUT2D eigenvalue weighted by molar-refractivity contribution is 0.0630. The average molecular weight is 457 g/mol. The van der Waals surface area contributed by atoms with Gasteiger partial charge in [0, 0.05) is 29.6 Å². The monoisotopic (exact) mass is 456 g/mol. The van der Waals surface area contributed by atoms with E-state index in [0.29, 0.717) is 22.3 Å². The molecule has 4 nitrogen and oxygen atoms in total. The summed E-state index contributed by atoms with van der Waals surface area (Å²) in [6.07, 6.45) is 2.05. The number of likely N-dealkylation sites (tertiary alicyclic amines) is 1. The van der Waals surface area contributed by atoms with Crippen LogP contribution < -0.4 is 5.73 Å². The third-order valence-electron chi connectivity index (χ3n) is 6.87. The van der Waals surface area contributed by atoms with Crippen LogP contribution in [-0.4, -0.2) is 23.9 Å². The molecule has 1 aliphatic heterocycles. The van der Waals surface area contributed by atoms with E-state index in [1.165, 1.54) is 12.1 Å². The fourth-order valence-electron chi connectivity index (χ4n) is 4.65. The van der Waals surface area contributed by atoms with Gasteiger partial charge in [-0.15, -0.1) is 0 Å². The first kappa shape index (κ1) is 22.4. The standard InChI is InChI=1S/C29H29FN2O2/c1-29(2)10-12-32(13-11-29)28(33)20-8-6-19(7-9-20)22-14-23-16-25(18-31)34-27(23)26(17-22)21-4-3-5-24(30)15-21/h3-9,14-17H,10-13,18,31H2,1-2H3. The molecule has 1 amide bonds. The molecular weight excluding hydrogens is 427 g/mol. The zero-order chi connectivity index (χ0) is 23.9. The number of hydrogen-bond donors (Lipinski definition) is 1. The Morgan fingerprint density at radius 3 is 2.38 bits per heavy atom. The number of carbonyl (C=O) groups excluding carboxylic acids is 1. The summed E-state index contributed by atoms with van der Waals surface area (Å²) in [5.74, 6) is 0.460. The van der Waals surface area contributed by atoms with Crippen LogP contribution in [0.3, 0.4) is 0 Å². The lowest BCUT2D eigenvalue weighted by Gasteiger charge is -2.37. The van der Waals surface area contributed by atoms with E-state index in [9.17, 15) is 9.18 Å². The van der Waals surface area contributed by atoms with Crippen molar-refractivity contribution < 1.29 is 13.6 Å². The Morgan fingerprint density at radius 2 is 1.71 bits per heavy atom. The zero-order valence-electron chi connectivity index (χ0n) is 19.6. The molecule has 0 unspecified atom stereocenters. The van der Waals surface area contributed by atoms with E-state index in [1.54, 1.807) is 6.07 Å². The minimum Gasteiger partial charge on any atom is -0.459 e. The fourth-order valence-corrected chi connectivity index (χ4v) is 4.65. The van der Waals surface area contributed by atoms with Crippen molar-refractivity contribution in [2.75, 3.05) is 13.1 Å². The van der Waals surface area contributed by atoms with Crippen molar-refractivity contribution >= 4 is 16.9 Å². The Kier molecular flexibility index (Phi) is 5.74. The molecule has 1 aromatic heterocycles. The van der Waals surface area contributed by atoms with Crippen molar-refractivity contribution in [2.24, 2.45) is 11.1 Å². The summed E-state index contributed by atoms with van der Waals surface area (Å²) >= 11 is 0. The maximum Gasteiger partial charge on any atom is 0.253 e. The van der Waals surface area contributed by atoms with Gasteiger partial charge >= 0.3 is 0 Å². The first-order chi connectivity index (χ1) is 16.3. The quantitative estimate of drug-likeness (QED) is 0.375. The predicted molar refractivity (Wildman–Crippen MR) is 134 cm³/mol. The number of furan rings is 1. The average Bonchev–Trinajstić information content (AvgIpc) is 3.26. The summed E-state index contributed by atoms with van der Waals surface area (Å²) in [4.78, 5) is 15.0. The molecule has 0 aliphatic carbocycles. The van der Waals surface area contributed by atoms with Gasteiger partial charge < -0.3 is 15.1 Å². The third kappa shape index (κ3) is 4.36. The van der Waals surface area contributed by atoms with Crippen LogP contribution in [0.4, 0.5) is 4.39 Å². The number of amides is 1. The molecule has 4 aromatic rings. The van der Waals surface area contributed by atoms with Gasteiger partial charge in [0.2, 0.25) is 0 Å². The van der Waals surface area contributed by atoms with Crippen LogP contribution in [0, 0.1) is 11.2 Å². The number of rotatable bonds is 4. The molecule has 0 bridgehead atoms. The van der Waals surface area contributed by atoms with Crippen molar-refractivity contribution in [1.29, 1.82) is 0 Å². The lowest BCUT2D eigenvalue weighted by Crippen LogP contribution is -2.41. The van der Waals surface area contributed by atoms with Crippen LogP contribution in [0.25, 0.3) is 33.2 Å². The van der Waals surface area contributed by atoms with Crippen molar-refractivity contribution in [3.05, 3.63) is 83.9 Å². The number of carbonyl (C=O) groups is 1. The lowest BCUT2D eigenvalue weighted by atomic mass is 9.82. The van der Waals surface area contributed by atoms with Crippen molar-refractivity contribution in [2.45, 2.75) is 33.2 Å². The molecule has 0 radical (unpaired) electrons. The van der Waals surface area contributed by atoms with Crippen molar-refractivity contribution in [3.8, 4) is 22.3 Å². The molecule has 2 heterocycles. The molecule has 5 heteroatoms. The highest BCUT2D eigenvalue weighted by Crippen LogP contribution is 2.36. The van der Waals surface area contributed by atoms with Gasteiger partial charge in [-0.2, -0.15) is 0 Å². The first-order valence-electron chi connectivity index (χ1n) is 11.8. The first-order valence-corrected chi connectivity index (χ1v) is 11.8. The molecule has 0 atom stereocenters. The van der Waals surface area contributed by atoms with Gasteiger partial charge in [-0.25, -0.2) is 4.39 Å². The number of fused-ring (bicyclic) bond motifs is 1. The molecule has 1 aliphatic rings. The summed E-state index contributed by atoms with van der Waals surface area (Å²) < 4.78 is 19.9. The minimum atomic E-state index is -0.300. The smallest absolute Gasteiger partial charge is 0.253 e. The van der Waals surface area contributed by atoms with Gasteiger partial charge in [0.25, 0.3) is 5.91 Å². The Morgan fingerprint density at radius 1 is 0.971 bits per heavy atom. The summed E-state index contributed by atoms with van der Waals surface area (Å²) in [5, 5.41) is 0.910. The van der Waals surface area contributed by atoms with Crippen LogP contribution in [0.1, 0.15) is 42.8 Å². The van der Waals surface area contributed by atoms with E-state index in [-0.39, 0.29) is 18.3 Å². The molecule has 34 heavy (non-hydrogen) atoms. The summed E-state index contributed by atoms with van der Waals surface area (Å²) in [6.45, 7) is 6.40. The Balaban J connectivity index is 1.49. The second-order valence-electron chi connectivity index (χ2n) is 9.90. The highest BCUT2D eigenvalue weighted by atomic mass is 19.1. The van der Waals surface area contributed by atoms with Crippen molar-refractivity contribution in [1.82, 2.24) is 4.90 Å². The predicted octanol–water partition coefficient (Wildman–Crippen LogP) is 6.63. The van der Waals surface area contributed by atoms with Gasteiger partial charge in [-0.1, -0.05) is 38.1 Å². The largest absolute Gasteiger partial charge is 0.459 e. The highest BCUT2D eigenvalue weighted by Gasteiger charge is 2.28.